The number of rotatable bonds is 8. The van der Waals surface area contributed by atoms with Gasteiger partial charge in [-0.1, -0.05) is 29.4 Å². The van der Waals surface area contributed by atoms with Gasteiger partial charge in [0.05, 0.1) is 14.2 Å². The van der Waals surface area contributed by atoms with E-state index in [1.807, 2.05) is 30.3 Å². The van der Waals surface area contributed by atoms with Crippen molar-refractivity contribution in [3.63, 3.8) is 0 Å². The van der Waals surface area contributed by atoms with Crippen LogP contribution in [0.3, 0.4) is 0 Å². The monoisotopic (exact) mass is 431 g/mol. The minimum absolute atomic E-state index is 0.187. The molecule has 8 nitrogen and oxygen atoms in total. The molecule has 0 spiro atoms. The van der Waals surface area contributed by atoms with Gasteiger partial charge in [-0.3, -0.25) is 4.79 Å². The minimum atomic E-state index is -0.310. The van der Waals surface area contributed by atoms with Crippen LogP contribution in [0.5, 0.6) is 17.2 Å². The standard InChI is InChI=1S/C24H21N3O5/c1-29-19-10-6-9-18(14-19)25-22(28)15-31-20-12-11-17(13-21(20)30-2)23-26-24(32-27-23)16-7-4-3-5-8-16/h3-14H,15H2,1-2H3,(H,25,28). The van der Waals surface area contributed by atoms with Gasteiger partial charge in [0.2, 0.25) is 5.82 Å². The van der Waals surface area contributed by atoms with Gasteiger partial charge in [0, 0.05) is 22.9 Å². The highest BCUT2D eigenvalue weighted by Gasteiger charge is 2.14. The van der Waals surface area contributed by atoms with Crippen molar-refractivity contribution >= 4 is 11.6 Å². The summed E-state index contributed by atoms with van der Waals surface area (Å²) in [5.41, 5.74) is 2.15. The summed E-state index contributed by atoms with van der Waals surface area (Å²) in [4.78, 5) is 16.7. The van der Waals surface area contributed by atoms with E-state index in [1.54, 1.807) is 49.6 Å². The summed E-state index contributed by atoms with van der Waals surface area (Å²) >= 11 is 0. The summed E-state index contributed by atoms with van der Waals surface area (Å²) in [7, 11) is 3.09. The van der Waals surface area contributed by atoms with Gasteiger partial charge < -0.3 is 24.1 Å². The Morgan fingerprint density at radius 1 is 0.906 bits per heavy atom. The fourth-order valence-electron chi connectivity index (χ4n) is 3.01. The van der Waals surface area contributed by atoms with Crippen LogP contribution in [-0.4, -0.2) is 36.9 Å². The number of aromatic nitrogens is 2. The maximum Gasteiger partial charge on any atom is 0.262 e. The van der Waals surface area contributed by atoms with Crippen molar-refractivity contribution in [3.8, 4) is 40.1 Å². The molecule has 0 saturated heterocycles. The van der Waals surface area contributed by atoms with E-state index in [4.69, 9.17) is 18.7 Å². The predicted octanol–water partition coefficient (Wildman–Crippen LogP) is 4.44. The second-order valence-electron chi connectivity index (χ2n) is 6.72. The van der Waals surface area contributed by atoms with Gasteiger partial charge in [0.1, 0.15) is 5.75 Å². The van der Waals surface area contributed by atoms with Crippen LogP contribution >= 0.6 is 0 Å². The number of hydrogen-bond acceptors (Lipinski definition) is 7. The number of amides is 1. The third-order valence-corrected chi connectivity index (χ3v) is 4.58. The zero-order valence-electron chi connectivity index (χ0n) is 17.6. The summed E-state index contributed by atoms with van der Waals surface area (Å²) in [6.45, 7) is -0.187. The first-order valence-corrected chi connectivity index (χ1v) is 9.80. The van der Waals surface area contributed by atoms with E-state index in [1.165, 1.54) is 7.11 Å². The summed E-state index contributed by atoms with van der Waals surface area (Å²) in [5, 5.41) is 6.81. The Kier molecular flexibility index (Phi) is 6.31. The lowest BCUT2D eigenvalue weighted by molar-refractivity contribution is -0.118. The van der Waals surface area contributed by atoms with Crippen molar-refractivity contribution in [2.24, 2.45) is 0 Å². The maximum atomic E-state index is 12.3. The SMILES string of the molecule is COc1cccc(NC(=O)COc2ccc(-c3noc(-c4ccccc4)n3)cc2OC)c1. The molecule has 1 heterocycles. The molecule has 0 bridgehead atoms. The molecule has 0 unspecified atom stereocenters. The number of anilines is 1. The fourth-order valence-corrected chi connectivity index (χ4v) is 3.01. The van der Waals surface area contributed by atoms with Crippen LogP contribution in [0.4, 0.5) is 5.69 Å². The highest BCUT2D eigenvalue weighted by Crippen LogP contribution is 2.32. The molecule has 0 fully saturated rings. The quantitative estimate of drug-likeness (QED) is 0.441. The Balaban J connectivity index is 1.43. The topological polar surface area (TPSA) is 95.7 Å². The van der Waals surface area contributed by atoms with Crippen LogP contribution < -0.4 is 19.5 Å². The third-order valence-electron chi connectivity index (χ3n) is 4.58. The molecular formula is C24H21N3O5. The molecule has 162 valence electrons. The second kappa shape index (κ2) is 9.65. The summed E-state index contributed by atoms with van der Waals surface area (Å²) in [5.74, 6) is 2.05. The van der Waals surface area contributed by atoms with Gasteiger partial charge in [0.15, 0.2) is 18.1 Å². The first kappa shape index (κ1) is 20.9. The van der Waals surface area contributed by atoms with E-state index in [9.17, 15) is 4.79 Å². The first-order chi connectivity index (χ1) is 15.7. The molecule has 0 radical (unpaired) electrons. The van der Waals surface area contributed by atoms with Gasteiger partial charge in [-0.05, 0) is 42.5 Å². The third kappa shape index (κ3) is 4.86. The molecule has 0 aliphatic carbocycles. The normalized spacial score (nSPS) is 10.4. The zero-order chi connectivity index (χ0) is 22.3. The number of ether oxygens (including phenoxy) is 3. The van der Waals surface area contributed by atoms with Crippen molar-refractivity contribution in [3.05, 3.63) is 72.8 Å². The lowest BCUT2D eigenvalue weighted by Gasteiger charge is -2.12. The fraction of sp³-hybridized carbons (Fsp3) is 0.125. The van der Waals surface area contributed by atoms with Crippen molar-refractivity contribution in [2.75, 3.05) is 26.1 Å². The Morgan fingerprint density at radius 2 is 1.75 bits per heavy atom. The van der Waals surface area contributed by atoms with E-state index in [-0.39, 0.29) is 12.5 Å². The number of carbonyl (C=O) groups excluding carboxylic acids is 1. The lowest BCUT2D eigenvalue weighted by atomic mass is 10.2. The summed E-state index contributed by atoms with van der Waals surface area (Å²) < 4.78 is 21.6. The number of nitrogens with one attached hydrogen (secondary N) is 1. The molecule has 32 heavy (non-hydrogen) atoms. The Hall–Kier alpha value is -4.33. The Labute approximate surface area is 184 Å². The number of nitrogens with zero attached hydrogens (tertiary/aromatic N) is 2. The van der Waals surface area contributed by atoms with Crippen LogP contribution in [0.2, 0.25) is 0 Å². The Bertz CT molecular complexity index is 1210. The molecule has 0 atom stereocenters. The van der Waals surface area contributed by atoms with Gasteiger partial charge in [0.25, 0.3) is 11.8 Å². The van der Waals surface area contributed by atoms with Crippen molar-refractivity contribution in [1.29, 1.82) is 0 Å². The molecule has 1 aromatic heterocycles. The summed E-state index contributed by atoms with van der Waals surface area (Å²) in [6.07, 6.45) is 0. The molecule has 0 saturated carbocycles. The molecule has 4 rings (SSSR count). The van der Waals surface area contributed by atoms with Gasteiger partial charge >= 0.3 is 0 Å². The second-order valence-corrected chi connectivity index (χ2v) is 6.72. The number of methoxy groups -OCH3 is 2. The zero-order valence-corrected chi connectivity index (χ0v) is 17.6. The molecule has 1 N–H and O–H groups in total. The average molecular weight is 431 g/mol. The maximum absolute atomic E-state index is 12.3. The largest absolute Gasteiger partial charge is 0.497 e. The van der Waals surface area contributed by atoms with Crippen LogP contribution in [0.15, 0.2) is 77.3 Å². The van der Waals surface area contributed by atoms with Crippen molar-refractivity contribution in [1.82, 2.24) is 10.1 Å². The first-order valence-electron chi connectivity index (χ1n) is 9.80. The van der Waals surface area contributed by atoms with Crippen LogP contribution in [0, 0.1) is 0 Å². The van der Waals surface area contributed by atoms with E-state index in [0.29, 0.717) is 40.2 Å². The van der Waals surface area contributed by atoms with E-state index in [0.717, 1.165) is 5.56 Å². The van der Waals surface area contributed by atoms with E-state index < -0.39 is 0 Å². The van der Waals surface area contributed by atoms with Crippen molar-refractivity contribution in [2.45, 2.75) is 0 Å². The molecule has 0 aliphatic rings. The van der Waals surface area contributed by atoms with Crippen LogP contribution in [0.1, 0.15) is 0 Å². The number of benzene rings is 3. The minimum Gasteiger partial charge on any atom is -0.497 e. The molecular weight excluding hydrogens is 410 g/mol. The van der Waals surface area contributed by atoms with Gasteiger partial charge in [-0.2, -0.15) is 4.98 Å². The Morgan fingerprint density at radius 3 is 2.53 bits per heavy atom. The highest BCUT2D eigenvalue weighted by molar-refractivity contribution is 5.92. The van der Waals surface area contributed by atoms with Crippen LogP contribution in [-0.2, 0) is 4.79 Å². The number of carbonyl (C=O) groups is 1. The molecule has 0 aliphatic heterocycles. The van der Waals surface area contributed by atoms with E-state index in [2.05, 4.69) is 15.5 Å². The molecule has 3 aromatic carbocycles. The van der Waals surface area contributed by atoms with Crippen molar-refractivity contribution < 1.29 is 23.5 Å². The number of hydrogen-bond donors (Lipinski definition) is 1. The predicted molar refractivity (Wildman–Crippen MR) is 119 cm³/mol. The van der Waals surface area contributed by atoms with Gasteiger partial charge in [-0.25, -0.2) is 0 Å². The smallest absolute Gasteiger partial charge is 0.262 e. The van der Waals surface area contributed by atoms with E-state index >= 15 is 0 Å². The highest BCUT2D eigenvalue weighted by atomic mass is 16.5. The molecule has 4 aromatic rings. The van der Waals surface area contributed by atoms with Crippen LogP contribution in [0.25, 0.3) is 22.8 Å². The lowest BCUT2D eigenvalue weighted by Crippen LogP contribution is -2.20. The molecule has 8 heteroatoms. The summed E-state index contributed by atoms with van der Waals surface area (Å²) in [6, 6.07) is 21.8. The average Bonchev–Trinajstić information content (AvgIpc) is 3.34. The molecule has 1 amide bonds. The van der Waals surface area contributed by atoms with Gasteiger partial charge in [-0.15, -0.1) is 0 Å².